The van der Waals surface area contributed by atoms with Crippen molar-refractivity contribution in [2.45, 2.75) is 31.8 Å². The lowest BCUT2D eigenvalue weighted by atomic mass is 9.97. The summed E-state index contributed by atoms with van der Waals surface area (Å²) >= 11 is 0. The predicted octanol–water partition coefficient (Wildman–Crippen LogP) is 3.75. The molecule has 1 saturated heterocycles. The van der Waals surface area contributed by atoms with Gasteiger partial charge in [-0.05, 0) is 56.1 Å². The zero-order valence-electron chi connectivity index (χ0n) is 13.7. The van der Waals surface area contributed by atoms with Crippen molar-refractivity contribution in [1.82, 2.24) is 10.6 Å². The molecular weight excluding hydrogens is 305 g/mol. The second-order valence-electron chi connectivity index (χ2n) is 6.20. The number of benzene rings is 2. The van der Waals surface area contributed by atoms with Crippen LogP contribution in [0.1, 0.15) is 30.0 Å². The van der Waals surface area contributed by atoms with Gasteiger partial charge in [-0.15, -0.1) is 0 Å². The summed E-state index contributed by atoms with van der Waals surface area (Å²) in [7, 11) is 0. The van der Waals surface area contributed by atoms with E-state index in [1.165, 1.54) is 12.1 Å². The maximum atomic E-state index is 13.0. The molecule has 1 heterocycles. The van der Waals surface area contributed by atoms with Gasteiger partial charge in [0.1, 0.15) is 5.82 Å². The van der Waals surface area contributed by atoms with Gasteiger partial charge in [0.25, 0.3) is 0 Å². The van der Waals surface area contributed by atoms with Crippen molar-refractivity contribution in [3.8, 4) is 0 Å². The SMILES string of the molecule is Cc1cccc([C@@H](NC(=O)Nc2ccc(F)cc2)[C@H]2CCCN2)c1. The summed E-state index contributed by atoms with van der Waals surface area (Å²) in [6.07, 6.45) is 2.13. The van der Waals surface area contributed by atoms with E-state index in [9.17, 15) is 9.18 Å². The van der Waals surface area contributed by atoms with Crippen molar-refractivity contribution < 1.29 is 9.18 Å². The first kappa shape index (κ1) is 16.5. The van der Waals surface area contributed by atoms with Gasteiger partial charge in [-0.25, -0.2) is 9.18 Å². The van der Waals surface area contributed by atoms with Crippen LogP contribution in [0.3, 0.4) is 0 Å². The molecular formula is C19H22FN3O. The molecule has 4 nitrogen and oxygen atoms in total. The molecule has 5 heteroatoms. The van der Waals surface area contributed by atoms with E-state index in [0.717, 1.165) is 30.5 Å². The maximum Gasteiger partial charge on any atom is 0.319 e. The van der Waals surface area contributed by atoms with E-state index in [1.807, 2.05) is 25.1 Å². The summed E-state index contributed by atoms with van der Waals surface area (Å²) in [6, 6.07) is 13.7. The van der Waals surface area contributed by atoms with Crippen molar-refractivity contribution in [3.63, 3.8) is 0 Å². The van der Waals surface area contributed by atoms with E-state index in [-0.39, 0.29) is 23.9 Å². The largest absolute Gasteiger partial charge is 0.329 e. The number of hydrogen-bond donors (Lipinski definition) is 3. The van der Waals surface area contributed by atoms with E-state index in [1.54, 1.807) is 12.1 Å². The lowest BCUT2D eigenvalue weighted by Gasteiger charge is -2.26. The number of hydrogen-bond acceptors (Lipinski definition) is 2. The molecule has 2 aromatic rings. The second kappa shape index (κ2) is 7.45. The molecule has 0 unspecified atom stereocenters. The van der Waals surface area contributed by atoms with Gasteiger partial charge in [-0.2, -0.15) is 0 Å². The van der Waals surface area contributed by atoms with Crippen molar-refractivity contribution >= 4 is 11.7 Å². The molecule has 1 aliphatic rings. The summed E-state index contributed by atoms with van der Waals surface area (Å²) < 4.78 is 13.0. The highest BCUT2D eigenvalue weighted by Crippen LogP contribution is 2.24. The molecule has 1 aliphatic heterocycles. The number of carbonyl (C=O) groups excluding carboxylic acids is 1. The third-order valence-corrected chi connectivity index (χ3v) is 4.29. The fourth-order valence-electron chi connectivity index (χ4n) is 3.12. The zero-order chi connectivity index (χ0) is 16.9. The second-order valence-corrected chi connectivity index (χ2v) is 6.20. The van der Waals surface area contributed by atoms with Crippen LogP contribution in [-0.2, 0) is 0 Å². The van der Waals surface area contributed by atoms with Gasteiger partial charge in [0.2, 0.25) is 0 Å². The predicted molar refractivity (Wildman–Crippen MR) is 93.5 cm³/mol. The molecule has 0 saturated carbocycles. The van der Waals surface area contributed by atoms with E-state index in [2.05, 4.69) is 22.0 Å². The Balaban J connectivity index is 1.73. The zero-order valence-corrected chi connectivity index (χ0v) is 13.7. The monoisotopic (exact) mass is 327 g/mol. The third-order valence-electron chi connectivity index (χ3n) is 4.29. The Morgan fingerprint density at radius 2 is 2.04 bits per heavy atom. The number of halogens is 1. The van der Waals surface area contributed by atoms with Crippen molar-refractivity contribution in [2.24, 2.45) is 0 Å². The van der Waals surface area contributed by atoms with Gasteiger partial charge in [0.15, 0.2) is 0 Å². The molecule has 0 spiro atoms. The van der Waals surface area contributed by atoms with Crippen LogP contribution in [0.4, 0.5) is 14.9 Å². The first-order chi connectivity index (χ1) is 11.6. The highest BCUT2D eigenvalue weighted by atomic mass is 19.1. The highest BCUT2D eigenvalue weighted by molar-refractivity contribution is 5.89. The van der Waals surface area contributed by atoms with Gasteiger partial charge in [0.05, 0.1) is 6.04 Å². The van der Waals surface area contributed by atoms with Gasteiger partial charge in [-0.3, -0.25) is 0 Å². The van der Waals surface area contributed by atoms with Crippen LogP contribution in [0.15, 0.2) is 48.5 Å². The molecule has 2 atom stereocenters. The summed E-state index contributed by atoms with van der Waals surface area (Å²) in [6.45, 7) is 3.01. The van der Waals surface area contributed by atoms with E-state index in [4.69, 9.17) is 0 Å². The Kier molecular flexibility index (Phi) is 5.11. The van der Waals surface area contributed by atoms with Crippen molar-refractivity contribution in [2.75, 3.05) is 11.9 Å². The fourth-order valence-corrected chi connectivity index (χ4v) is 3.12. The van der Waals surface area contributed by atoms with E-state index in [0.29, 0.717) is 5.69 Å². The molecule has 3 N–H and O–H groups in total. The average Bonchev–Trinajstić information content (AvgIpc) is 3.09. The van der Waals surface area contributed by atoms with E-state index >= 15 is 0 Å². The summed E-state index contributed by atoms with van der Waals surface area (Å²) in [5, 5.41) is 9.28. The van der Waals surface area contributed by atoms with Gasteiger partial charge in [-0.1, -0.05) is 29.8 Å². The molecule has 3 rings (SSSR count). The minimum Gasteiger partial charge on any atom is -0.329 e. The number of aryl methyl sites for hydroxylation is 1. The minimum absolute atomic E-state index is 0.104. The summed E-state index contributed by atoms with van der Waals surface area (Å²) in [5.74, 6) is -0.325. The van der Waals surface area contributed by atoms with Gasteiger partial charge < -0.3 is 16.0 Å². The molecule has 2 amide bonds. The molecule has 126 valence electrons. The number of anilines is 1. The molecule has 0 radical (unpaired) electrons. The first-order valence-electron chi connectivity index (χ1n) is 8.25. The lowest BCUT2D eigenvalue weighted by molar-refractivity contribution is 0.245. The van der Waals surface area contributed by atoms with Crippen molar-refractivity contribution in [3.05, 3.63) is 65.5 Å². The Labute approximate surface area is 141 Å². The molecule has 2 aromatic carbocycles. The topological polar surface area (TPSA) is 53.2 Å². The molecule has 0 aromatic heterocycles. The maximum absolute atomic E-state index is 13.0. The van der Waals surface area contributed by atoms with Crippen molar-refractivity contribution in [1.29, 1.82) is 0 Å². The minimum atomic E-state index is -0.325. The lowest BCUT2D eigenvalue weighted by Crippen LogP contribution is -2.42. The standard InChI is InChI=1S/C19H22FN3O/c1-13-4-2-5-14(12-13)18(17-6-3-11-21-17)23-19(24)22-16-9-7-15(20)8-10-16/h2,4-5,7-10,12,17-18,21H,3,6,11H2,1H3,(H2,22,23,24)/t17-,18-/m1/s1. The van der Waals surface area contributed by atoms with Gasteiger partial charge >= 0.3 is 6.03 Å². The van der Waals surface area contributed by atoms with E-state index < -0.39 is 0 Å². The first-order valence-corrected chi connectivity index (χ1v) is 8.25. The number of urea groups is 1. The Morgan fingerprint density at radius 3 is 2.71 bits per heavy atom. The number of rotatable bonds is 4. The molecule has 24 heavy (non-hydrogen) atoms. The van der Waals surface area contributed by atoms with Crippen LogP contribution in [0.2, 0.25) is 0 Å². The molecule has 0 aliphatic carbocycles. The summed E-state index contributed by atoms with van der Waals surface area (Å²) in [4.78, 5) is 12.4. The van der Waals surface area contributed by atoms with Crippen LogP contribution in [0.25, 0.3) is 0 Å². The quantitative estimate of drug-likeness (QED) is 0.801. The van der Waals surface area contributed by atoms with Crippen LogP contribution < -0.4 is 16.0 Å². The fraction of sp³-hybridized carbons (Fsp3) is 0.316. The number of carbonyl (C=O) groups is 1. The molecule has 1 fully saturated rings. The normalized spacial score (nSPS) is 18.2. The smallest absolute Gasteiger partial charge is 0.319 e. The van der Waals surface area contributed by atoms with Crippen LogP contribution in [0.5, 0.6) is 0 Å². The average molecular weight is 327 g/mol. The summed E-state index contributed by atoms with van der Waals surface area (Å²) in [5.41, 5.74) is 2.82. The van der Waals surface area contributed by atoms with Crippen LogP contribution in [-0.4, -0.2) is 18.6 Å². The highest BCUT2D eigenvalue weighted by Gasteiger charge is 2.27. The van der Waals surface area contributed by atoms with Gasteiger partial charge in [0, 0.05) is 11.7 Å². The van der Waals surface area contributed by atoms with Crippen LogP contribution in [0, 0.1) is 12.7 Å². The number of amides is 2. The van der Waals surface area contributed by atoms with Crippen LogP contribution >= 0.6 is 0 Å². The molecule has 0 bridgehead atoms. The Morgan fingerprint density at radius 1 is 1.25 bits per heavy atom. The third kappa shape index (κ3) is 4.11. The number of nitrogens with one attached hydrogen (secondary N) is 3. The Hall–Kier alpha value is -2.40. The Bertz CT molecular complexity index is 696.